The van der Waals surface area contributed by atoms with Crippen molar-refractivity contribution >= 4 is 6.08 Å². The zero-order chi connectivity index (χ0) is 11.1. The van der Waals surface area contributed by atoms with Gasteiger partial charge in [0, 0.05) is 23.2 Å². The zero-order valence-electron chi connectivity index (χ0n) is 8.39. The summed E-state index contributed by atoms with van der Waals surface area (Å²) >= 11 is 0. The lowest BCUT2D eigenvalue weighted by molar-refractivity contribution is 0.574. The molecule has 1 heterocycles. The van der Waals surface area contributed by atoms with Gasteiger partial charge in [0.1, 0.15) is 0 Å². The molecule has 1 aromatic heterocycles. The van der Waals surface area contributed by atoms with Crippen molar-refractivity contribution in [3.63, 3.8) is 0 Å². The van der Waals surface area contributed by atoms with E-state index in [0.717, 1.165) is 5.56 Å². The van der Waals surface area contributed by atoms with Crippen LogP contribution in [0.5, 0.6) is 0 Å². The van der Waals surface area contributed by atoms with E-state index in [1.165, 1.54) is 6.20 Å². The molecule has 0 atom stereocenters. The normalized spacial score (nSPS) is 10.3. The predicted molar refractivity (Wildman–Crippen MR) is 56.6 cm³/mol. The number of aromatic nitrogens is 1. The van der Waals surface area contributed by atoms with Gasteiger partial charge in [-0.25, -0.2) is 4.98 Å². The third-order valence-electron chi connectivity index (χ3n) is 1.80. The van der Waals surface area contributed by atoms with Crippen LogP contribution in [-0.4, -0.2) is 11.5 Å². The molecule has 0 aliphatic heterocycles. The van der Waals surface area contributed by atoms with Gasteiger partial charge in [0.05, 0.1) is 0 Å². The van der Waals surface area contributed by atoms with Crippen molar-refractivity contribution in [3.8, 4) is 0 Å². The van der Waals surface area contributed by atoms with Crippen molar-refractivity contribution in [1.29, 1.82) is 0 Å². The Kier molecular flexibility index (Phi) is 4.31. The maximum atomic E-state index is 12.8. The van der Waals surface area contributed by atoms with Crippen LogP contribution in [0.4, 0.5) is 4.39 Å². The Bertz CT molecular complexity index is 408. The maximum Gasteiger partial charge on any atom is 0.215 e. The molecule has 0 unspecified atom stereocenters. The summed E-state index contributed by atoms with van der Waals surface area (Å²) in [5.74, 6) is -0.443. The fraction of sp³-hybridized carbons (Fsp3) is 0.300. The Morgan fingerprint density at radius 1 is 1.67 bits per heavy atom. The largest absolute Gasteiger partial charge is 0.227 e. The van der Waals surface area contributed by atoms with Crippen LogP contribution >= 0.6 is 0 Å². The molecular weight excluding hydrogens is 195 g/mol. The van der Waals surface area contributed by atoms with Crippen LogP contribution in [0.25, 0.3) is 16.5 Å². The fourth-order valence-corrected chi connectivity index (χ4v) is 1.07. The van der Waals surface area contributed by atoms with Crippen molar-refractivity contribution in [1.82, 2.24) is 4.98 Å². The summed E-state index contributed by atoms with van der Waals surface area (Å²) in [6.07, 6.45) is 5.82. The average Bonchev–Trinajstić information content (AvgIpc) is 2.23. The van der Waals surface area contributed by atoms with E-state index in [4.69, 9.17) is 5.53 Å². The first-order chi connectivity index (χ1) is 7.24. The summed E-state index contributed by atoms with van der Waals surface area (Å²) in [5, 5.41) is 3.39. The summed E-state index contributed by atoms with van der Waals surface area (Å²) in [6.45, 7) is 2.10. The summed E-state index contributed by atoms with van der Waals surface area (Å²) in [4.78, 5) is 6.23. The minimum Gasteiger partial charge on any atom is -0.227 e. The highest BCUT2D eigenvalue weighted by molar-refractivity contribution is 5.48. The number of hydrogen-bond donors (Lipinski definition) is 0. The number of azide groups is 1. The molecule has 78 valence electrons. The van der Waals surface area contributed by atoms with E-state index in [1.807, 2.05) is 12.2 Å². The average molecular weight is 206 g/mol. The molecule has 4 nitrogen and oxygen atoms in total. The summed E-state index contributed by atoms with van der Waals surface area (Å²) in [5.41, 5.74) is 9.40. The summed E-state index contributed by atoms with van der Waals surface area (Å²) in [7, 11) is 0. The van der Waals surface area contributed by atoms with Crippen LogP contribution in [0.3, 0.4) is 0 Å². The van der Waals surface area contributed by atoms with Gasteiger partial charge in [-0.15, -0.1) is 0 Å². The van der Waals surface area contributed by atoms with Crippen molar-refractivity contribution in [2.24, 2.45) is 5.11 Å². The molecule has 0 saturated heterocycles. The molecular formula is C10H11FN4. The highest BCUT2D eigenvalue weighted by Crippen LogP contribution is 2.07. The van der Waals surface area contributed by atoms with Crippen LogP contribution in [0.1, 0.15) is 17.5 Å². The molecule has 0 aliphatic carbocycles. The third kappa shape index (κ3) is 3.79. The third-order valence-corrected chi connectivity index (χ3v) is 1.80. The van der Waals surface area contributed by atoms with Crippen LogP contribution in [0, 0.1) is 12.9 Å². The lowest BCUT2D eigenvalue weighted by atomic mass is 10.2. The van der Waals surface area contributed by atoms with Crippen molar-refractivity contribution in [2.45, 2.75) is 13.3 Å². The lowest BCUT2D eigenvalue weighted by Crippen LogP contribution is -1.88. The fourth-order valence-electron chi connectivity index (χ4n) is 1.07. The van der Waals surface area contributed by atoms with Crippen LogP contribution in [0.15, 0.2) is 23.5 Å². The summed E-state index contributed by atoms with van der Waals surface area (Å²) in [6, 6.07) is 1.71. The second-order valence-electron chi connectivity index (χ2n) is 3.02. The van der Waals surface area contributed by atoms with Crippen molar-refractivity contribution in [3.05, 3.63) is 45.9 Å². The molecule has 15 heavy (non-hydrogen) atoms. The van der Waals surface area contributed by atoms with E-state index in [2.05, 4.69) is 15.0 Å². The monoisotopic (exact) mass is 206 g/mol. The Hall–Kier alpha value is -1.87. The molecule has 0 aromatic carbocycles. The van der Waals surface area contributed by atoms with Gasteiger partial charge < -0.3 is 0 Å². The van der Waals surface area contributed by atoms with E-state index in [0.29, 0.717) is 18.5 Å². The van der Waals surface area contributed by atoms with Gasteiger partial charge in [-0.2, -0.15) is 4.39 Å². The van der Waals surface area contributed by atoms with Gasteiger partial charge in [0.15, 0.2) is 0 Å². The molecule has 1 rings (SSSR count). The SMILES string of the molecule is Cc1cc(C=CCCN=[N+]=[N-])cnc1F. The van der Waals surface area contributed by atoms with Crippen molar-refractivity contribution in [2.75, 3.05) is 6.54 Å². The maximum absolute atomic E-state index is 12.8. The van der Waals surface area contributed by atoms with E-state index in [9.17, 15) is 4.39 Å². The van der Waals surface area contributed by atoms with Crippen LogP contribution in [-0.2, 0) is 0 Å². The first-order valence-corrected chi connectivity index (χ1v) is 4.53. The molecule has 0 fully saturated rings. The van der Waals surface area contributed by atoms with Crippen LogP contribution in [0.2, 0.25) is 0 Å². The van der Waals surface area contributed by atoms with Crippen LogP contribution < -0.4 is 0 Å². The number of pyridine rings is 1. The van der Waals surface area contributed by atoms with E-state index in [-0.39, 0.29) is 0 Å². The van der Waals surface area contributed by atoms with E-state index in [1.54, 1.807) is 13.0 Å². The number of halogens is 1. The smallest absolute Gasteiger partial charge is 0.215 e. The lowest BCUT2D eigenvalue weighted by Gasteiger charge is -1.96. The van der Waals surface area contributed by atoms with E-state index < -0.39 is 5.95 Å². The van der Waals surface area contributed by atoms with Gasteiger partial charge in [-0.05, 0) is 30.5 Å². The highest BCUT2D eigenvalue weighted by Gasteiger charge is 1.96. The second-order valence-corrected chi connectivity index (χ2v) is 3.02. The highest BCUT2D eigenvalue weighted by atomic mass is 19.1. The Morgan fingerprint density at radius 3 is 3.13 bits per heavy atom. The summed E-state index contributed by atoms with van der Waals surface area (Å²) < 4.78 is 12.8. The molecule has 0 N–H and O–H groups in total. The van der Waals surface area contributed by atoms with Gasteiger partial charge in [0.2, 0.25) is 5.95 Å². The number of hydrogen-bond acceptors (Lipinski definition) is 2. The van der Waals surface area contributed by atoms with E-state index >= 15 is 0 Å². The molecule has 0 saturated carbocycles. The standard InChI is InChI=1S/C10H11FN4/c1-8-6-9(7-13-10(8)11)4-2-3-5-14-15-12/h2,4,6-7H,3,5H2,1H3. The molecule has 5 heteroatoms. The first kappa shape index (κ1) is 11.2. The van der Waals surface area contributed by atoms with Gasteiger partial charge in [-0.3, -0.25) is 0 Å². The van der Waals surface area contributed by atoms with Crippen molar-refractivity contribution < 1.29 is 4.39 Å². The first-order valence-electron chi connectivity index (χ1n) is 4.53. The molecule has 1 aromatic rings. The molecule has 0 radical (unpaired) electrons. The topological polar surface area (TPSA) is 61.7 Å². The predicted octanol–water partition coefficient (Wildman–Crippen LogP) is 3.24. The second kappa shape index (κ2) is 5.78. The van der Waals surface area contributed by atoms with Gasteiger partial charge in [0.25, 0.3) is 0 Å². The zero-order valence-corrected chi connectivity index (χ0v) is 8.39. The minimum absolute atomic E-state index is 0.431. The van der Waals surface area contributed by atoms with Gasteiger partial charge >= 0.3 is 0 Å². The molecule has 0 spiro atoms. The number of nitrogens with zero attached hydrogens (tertiary/aromatic N) is 4. The minimum atomic E-state index is -0.443. The Morgan fingerprint density at radius 2 is 2.47 bits per heavy atom. The Labute approximate surface area is 87.1 Å². The molecule has 0 bridgehead atoms. The Balaban J connectivity index is 2.56. The number of rotatable bonds is 4. The van der Waals surface area contributed by atoms with Gasteiger partial charge in [-0.1, -0.05) is 17.3 Å². The molecule has 0 amide bonds. The quantitative estimate of drug-likeness (QED) is 0.245. The number of aryl methyl sites for hydroxylation is 1. The molecule has 0 aliphatic rings.